The van der Waals surface area contributed by atoms with Gasteiger partial charge in [-0.2, -0.15) is 0 Å². The fourth-order valence-corrected chi connectivity index (χ4v) is 2.94. The molecule has 0 aliphatic heterocycles. The molecule has 148 valence electrons. The van der Waals surface area contributed by atoms with E-state index in [1.54, 1.807) is 18.2 Å². The number of carboxylic acids is 1. The van der Waals surface area contributed by atoms with Crippen molar-refractivity contribution in [1.29, 1.82) is 0 Å². The minimum Gasteiger partial charge on any atom is -0.490 e. The summed E-state index contributed by atoms with van der Waals surface area (Å²) in [6.07, 6.45) is 1.65. The molecule has 0 spiro atoms. The fourth-order valence-electron chi connectivity index (χ4n) is 2.94. The fraction of sp³-hybridized carbons (Fsp3) is 0.160. The van der Waals surface area contributed by atoms with Crippen molar-refractivity contribution in [3.63, 3.8) is 0 Å². The third-order valence-corrected chi connectivity index (χ3v) is 4.65. The zero-order chi connectivity index (χ0) is 20.6. The quantitative estimate of drug-likeness (QED) is 0.319. The molecule has 1 N–H and O–H groups in total. The van der Waals surface area contributed by atoms with Crippen molar-refractivity contribution < 1.29 is 19.4 Å². The lowest BCUT2D eigenvalue weighted by molar-refractivity contribution is -0.130. The Labute approximate surface area is 171 Å². The molecule has 0 fully saturated rings. The van der Waals surface area contributed by atoms with Gasteiger partial charge in [0.05, 0.1) is 5.57 Å². The van der Waals surface area contributed by atoms with E-state index in [9.17, 15) is 9.90 Å². The highest BCUT2D eigenvalue weighted by molar-refractivity contribution is 6.20. The van der Waals surface area contributed by atoms with Gasteiger partial charge in [-0.25, -0.2) is 4.79 Å². The Morgan fingerprint density at radius 1 is 0.897 bits per heavy atom. The summed E-state index contributed by atoms with van der Waals surface area (Å²) in [6.45, 7) is 4.91. The molecular weight excluding hydrogens is 364 g/mol. The van der Waals surface area contributed by atoms with E-state index in [4.69, 9.17) is 9.47 Å². The summed E-state index contributed by atoms with van der Waals surface area (Å²) in [5, 5.41) is 9.56. The second-order valence-corrected chi connectivity index (χ2v) is 6.70. The average Bonchev–Trinajstić information content (AvgIpc) is 2.73. The minimum atomic E-state index is -0.968. The van der Waals surface area contributed by atoms with Crippen molar-refractivity contribution in [2.45, 2.75) is 13.8 Å². The first-order valence-corrected chi connectivity index (χ1v) is 9.47. The molecule has 3 aromatic carbocycles. The van der Waals surface area contributed by atoms with Crippen LogP contribution < -0.4 is 9.47 Å². The third kappa shape index (κ3) is 5.48. The third-order valence-electron chi connectivity index (χ3n) is 4.65. The second kappa shape index (κ2) is 9.60. The maximum Gasteiger partial charge on any atom is 0.336 e. The number of hydrogen-bond donors (Lipinski definition) is 1. The molecule has 29 heavy (non-hydrogen) atoms. The summed E-state index contributed by atoms with van der Waals surface area (Å²) in [4.78, 5) is 11.7. The first-order valence-electron chi connectivity index (χ1n) is 9.47. The van der Waals surface area contributed by atoms with E-state index >= 15 is 0 Å². The number of carbonyl (C=O) groups is 1. The first kappa shape index (κ1) is 20.2. The molecule has 0 saturated heterocycles. The van der Waals surface area contributed by atoms with Crippen molar-refractivity contribution in [2.75, 3.05) is 13.2 Å². The molecule has 0 aromatic heterocycles. The smallest absolute Gasteiger partial charge is 0.336 e. The Bertz CT molecular complexity index is 1010. The standard InChI is InChI=1S/C25H24O4/c1-18-8-6-13-24(19(18)2)29-15-14-28-22-12-7-9-20(16-22)17-23(25(26)27)21-10-4-3-5-11-21/h3-13,16-17H,14-15H2,1-2H3,(H,26,27)/b23-17+. The molecule has 0 radical (unpaired) electrons. The minimum absolute atomic E-state index is 0.237. The lowest BCUT2D eigenvalue weighted by Gasteiger charge is -2.12. The number of rotatable bonds is 8. The molecule has 0 atom stereocenters. The van der Waals surface area contributed by atoms with E-state index in [1.807, 2.05) is 61.5 Å². The van der Waals surface area contributed by atoms with E-state index in [0.717, 1.165) is 16.9 Å². The summed E-state index contributed by atoms with van der Waals surface area (Å²) >= 11 is 0. The van der Waals surface area contributed by atoms with Crippen LogP contribution in [0.3, 0.4) is 0 Å². The van der Waals surface area contributed by atoms with E-state index < -0.39 is 5.97 Å². The first-order chi connectivity index (χ1) is 14.0. The SMILES string of the molecule is Cc1cccc(OCCOc2cccc(/C=C(/C(=O)O)c3ccccc3)c2)c1C. The average molecular weight is 388 g/mol. The zero-order valence-corrected chi connectivity index (χ0v) is 16.6. The molecule has 0 bridgehead atoms. The van der Waals surface area contributed by atoms with Gasteiger partial charge in [-0.1, -0.05) is 54.6 Å². The van der Waals surface area contributed by atoms with Crippen molar-refractivity contribution in [2.24, 2.45) is 0 Å². The predicted molar refractivity (Wildman–Crippen MR) is 115 cm³/mol. The number of hydrogen-bond acceptors (Lipinski definition) is 3. The molecule has 0 aliphatic rings. The number of aryl methyl sites for hydroxylation is 1. The van der Waals surface area contributed by atoms with Crippen LogP contribution in [-0.2, 0) is 4.79 Å². The van der Waals surface area contributed by atoms with Gasteiger partial charge >= 0.3 is 5.97 Å². The van der Waals surface area contributed by atoms with Crippen LogP contribution in [-0.4, -0.2) is 24.3 Å². The van der Waals surface area contributed by atoms with Gasteiger partial charge in [-0.15, -0.1) is 0 Å². The molecule has 0 aliphatic carbocycles. The maximum atomic E-state index is 11.7. The van der Waals surface area contributed by atoms with Crippen molar-refractivity contribution >= 4 is 17.6 Å². The van der Waals surface area contributed by atoms with Crippen LogP contribution in [0, 0.1) is 13.8 Å². The molecule has 0 heterocycles. The van der Waals surface area contributed by atoms with Gasteiger partial charge in [0.1, 0.15) is 24.7 Å². The lowest BCUT2D eigenvalue weighted by atomic mass is 10.0. The highest BCUT2D eigenvalue weighted by Gasteiger charge is 2.10. The molecule has 3 rings (SSSR count). The Kier molecular flexibility index (Phi) is 6.69. The largest absolute Gasteiger partial charge is 0.490 e. The molecule has 4 heteroatoms. The monoisotopic (exact) mass is 388 g/mol. The van der Waals surface area contributed by atoms with Crippen molar-refractivity contribution in [3.8, 4) is 11.5 Å². The van der Waals surface area contributed by atoms with E-state index in [2.05, 4.69) is 13.0 Å². The number of aliphatic carboxylic acids is 1. The summed E-state index contributed by atoms with van der Waals surface area (Å²) in [7, 11) is 0. The Morgan fingerprint density at radius 2 is 1.62 bits per heavy atom. The van der Waals surface area contributed by atoms with E-state index in [-0.39, 0.29) is 5.57 Å². The van der Waals surface area contributed by atoms with E-state index in [0.29, 0.717) is 24.5 Å². The van der Waals surface area contributed by atoms with Crippen molar-refractivity contribution in [3.05, 3.63) is 95.1 Å². The molecular formula is C25H24O4. The van der Waals surface area contributed by atoms with Crippen LogP contribution in [0.2, 0.25) is 0 Å². The Morgan fingerprint density at radius 3 is 2.38 bits per heavy atom. The van der Waals surface area contributed by atoms with Crippen LogP contribution in [0.1, 0.15) is 22.3 Å². The highest BCUT2D eigenvalue weighted by Crippen LogP contribution is 2.22. The molecule has 0 amide bonds. The zero-order valence-electron chi connectivity index (χ0n) is 16.6. The van der Waals surface area contributed by atoms with Crippen LogP contribution >= 0.6 is 0 Å². The van der Waals surface area contributed by atoms with Crippen LogP contribution in [0.15, 0.2) is 72.8 Å². The van der Waals surface area contributed by atoms with Crippen LogP contribution in [0.5, 0.6) is 11.5 Å². The van der Waals surface area contributed by atoms with Crippen LogP contribution in [0.25, 0.3) is 11.6 Å². The van der Waals surface area contributed by atoms with Gasteiger partial charge in [0.2, 0.25) is 0 Å². The summed E-state index contributed by atoms with van der Waals surface area (Å²) in [5.41, 5.74) is 3.98. The van der Waals surface area contributed by atoms with Gasteiger partial charge in [-0.3, -0.25) is 0 Å². The molecule has 0 saturated carbocycles. The number of ether oxygens (including phenoxy) is 2. The van der Waals surface area contributed by atoms with Gasteiger partial charge in [-0.05, 0) is 60.4 Å². The number of carboxylic acid groups (broad SMARTS) is 1. The highest BCUT2D eigenvalue weighted by atomic mass is 16.5. The molecule has 3 aromatic rings. The van der Waals surface area contributed by atoms with Gasteiger partial charge in [0, 0.05) is 0 Å². The molecule has 0 unspecified atom stereocenters. The second-order valence-electron chi connectivity index (χ2n) is 6.70. The predicted octanol–water partition coefficient (Wildman–Crippen LogP) is 5.39. The topological polar surface area (TPSA) is 55.8 Å². The summed E-state index contributed by atoms with van der Waals surface area (Å²) < 4.78 is 11.6. The summed E-state index contributed by atoms with van der Waals surface area (Å²) in [5.74, 6) is 0.560. The molecule has 4 nitrogen and oxygen atoms in total. The van der Waals surface area contributed by atoms with Crippen molar-refractivity contribution in [1.82, 2.24) is 0 Å². The van der Waals surface area contributed by atoms with Crippen LogP contribution in [0.4, 0.5) is 0 Å². The maximum absolute atomic E-state index is 11.7. The normalized spacial score (nSPS) is 11.2. The van der Waals surface area contributed by atoms with Gasteiger partial charge in [0.15, 0.2) is 0 Å². The lowest BCUT2D eigenvalue weighted by Crippen LogP contribution is -2.09. The summed E-state index contributed by atoms with van der Waals surface area (Å²) in [6, 6.07) is 22.4. The number of benzene rings is 3. The van der Waals surface area contributed by atoms with Gasteiger partial charge < -0.3 is 14.6 Å². The van der Waals surface area contributed by atoms with Gasteiger partial charge in [0.25, 0.3) is 0 Å². The Balaban J connectivity index is 1.65. The Hall–Kier alpha value is -3.53. The van der Waals surface area contributed by atoms with E-state index in [1.165, 1.54) is 5.56 Å².